The summed E-state index contributed by atoms with van der Waals surface area (Å²) in [5.74, 6) is -0.291. The molecule has 0 aliphatic heterocycles. The number of nitro groups is 1. The summed E-state index contributed by atoms with van der Waals surface area (Å²) in [4.78, 5) is 38.5. The molecule has 1 atom stereocenters. The Labute approximate surface area is 209 Å². The van der Waals surface area contributed by atoms with E-state index in [2.05, 4.69) is 5.32 Å². The van der Waals surface area contributed by atoms with Crippen molar-refractivity contribution in [3.05, 3.63) is 63.2 Å². The van der Waals surface area contributed by atoms with Gasteiger partial charge in [-0.1, -0.05) is 43.5 Å². The number of nitrogens with one attached hydrogen (secondary N) is 1. The predicted molar refractivity (Wildman–Crippen MR) is 132 cm³/mol. The monoisotopic (exact) mass is 503 g/mol. The number of hydrogen-bond acceptors (Lipinski definition) is 6. The molecule has 10 heteroatoms. The molecule has 0 heterocycles. The molecule has 0 radical (unpaired) electrons. The van der Waals surface area contributed by atoms with Crippen molar-refractivity contribution in [3.63, 3.8) is 0 Å². The average molecular weight is 504 g/mol. The molecule has 0 bridgehead atoms. The average Bonchev–Trinajstić information content (AvgIpc) is 3.36. The van der Waals surface area contributed by atoms with Gasteiger partial charge in [-0.3, -0.25) is 19.7 Å². The molecule has 1 N–H and O–H groups in total. The van der Waals surface area contributed by atoms with Crippen LogP contribution in [0, 0.1) is 10.1 Å². The van der Waals surface area contributed by atoms with Crippen molar-refractivity contribution in [1.82, 2.24) is 10.2 Å². The highest BCUT2D eigenvalue weighted by Crippen LogP contribution is 2.31. The molecule has 0 spiro atoms. The largest absolute Gasteiger partial charge is 0.490 e. The second-order valence-corrected chi connectivity index (χ2v) is 8.88. The minimum atomic E-state index is -0.672. The van der Waals surface area contributed by atoms with Crippen LogP contribution in [0.15, 0.2) is 42.5 Å². The molecule has 1 aliphatic carbocycles. The first-order valence-electron chi connectivity index (χ1n) is 11.6. The van der Waals surface area contributed by atoms with Crippen molar-refractivity contribution in [2.75, 3.05) is 13.7 Å². The van der Waals surface area contributed by atoms with Crippen LogP contribution in [0.5, 0.6) is 11.5 Å². The molecular formula is C25H30ClN3O6. The summed E-state index contributed by atoms with van der Waals surface area (Å²) >= 11 is 6.00. The van der Waals surface area contributed by atoms with E-state index in [9.17, 15) is 19.7 Å². The van der Waals surface area contributed by atoms with E-state index in [0.717, 1.165) is 31.2 Å². The molecule has 1 saturated carbocycles. The van der Waals surface area contributed by atoms with Crippen LogP contribution in [-0.2, 0) is 16.1 Å². The molecule has 2 aromatic rings. The van der Waals surface area contributed by atoms with Gasteiger partial charge in [-0.05, 0) is 43.0 Å². The van der Waals surface area contributed by atoms with Gasteiger partial charge >= 0.3 is 5.69 Å². The van der Waals surface area contributed by atoms with E-state index in [-0.39, 0.29) is 48.2 Å². The summed E-state index contributed by atoms with van der Waals surface area (Å²) in [5.41, 5.74) is 0.622. The number of nitrogens with zero attached hydrogens (tertiary/aromatic N) is 2. The quantitative estimate of drug-likeness (QED) is 0.357. The number of carbonyl (C=O) groups excluding carboxylic acids is 2. The van der Waals surface area contributed by atoms with Gasteiger partial charge in [0.25, 0.3) is 5.91 Å². The van der Waals surface area contributed by atoms with E-state index in [0.29, 0.717) is 11.4 Å². The fraction of sp³-hybridized carbons (Fsp3) is 0.440. The zero-order valence-corrected chi connectivity index (χ0v) is 20.6. The SMILES string of the molecule is CC[C@@H](C(=O)NC1CCCC1)N(Cc1ccc(Cl)cc1)C(=O)COc1ccc([N+](=O)[O-])c(OC)c1. The number of benzene rings is 2. The molecule has 1 aliphatic rings. The summed E-state index contributed by atoms with van der Waals surface area (Å²) in [5, 5.41) is 14.8. The number of methoxy groups -OCH3 is 1. The Bertz CT molecular complexity index is 1040. The maximum absolute atomic E-state index is 13.3. The maximum atomic E-state index is 13.3. The lowest BCUT2D eigenvalue weighted by molar-refractivity contribution is -0.385. The fourth-order valence-electron chi connectivity index (χ4n) is 4.20. The Hall–Kier alpha value is -3.33. The standard InChI is InChI=1S/C25H30ClN3O6/c1-3-21(25(31)27-19-6-4-5-7-19)28(15-17-8-10-18(26)11-9-17)24(30)16-35-20-12-13-22(29(32)33)23(14-20)34-2/h8-14,19,21H,3-7,15-16H2,1-2H3,(H,27,31)/t21-/m0/s1. The highest BCUT2D eigenvalue weighted by Gasteiger charge is 2.31. The number of rotatable bonds is 11. The predicted octanol–water partition coefficient (Wildman–Crippen LogP) is 4.50. The highest BCUT2D eigenvalue weighted by molar-refractivity contribution is 6.30. The van der Waals surface area contributed by atoms with Gasteiger partial charge in [0, 0.05) is 29.7 Å². The van der Waals surface area contributed by atoms with Crippen LogP contribution in [0.3, 0.4) is 0 Å². The smallest absolute Gasteiger partial charge is 0.311 e. The van der Waals surface area contributed by atoms with Gasteiger partial charge in [0.2, 0.25) is 11.7 Å². The lowest BCUT2D eigenvalue weighted by atomic mass is 10.1. The van der Waals surface area contributed by atoms with Gasteiger partial charge in [0.15, 0.2) is 6.61 Å². The van der Waals surface area contributed by atoms with E-state index in [1.54, 1.807) is 12.1 Å². The van der Waals surface area contributed by atoms with E-state index in [1.165, 1.54) is 30.2 Å². The van der Waals surface area contributed by atoms with Crippen LogP contribution < -0.4 is 14.8 Å². The van der Waals surface area contributed by atoms with Crippen molar-refractivity contribution in [3.8, 4) is 11.5 Å². The zero-order valence-electron chi connectivity index (χ0n) is 19.9. The Kier molecular flexibility index (Phi) is 9.31. The molecular weight excluding hydrogens is 474 g/mol. The highest BCUT2D eigenvalue weighted by atomic mass is 35.5. The molecule has 9 nitrogen and oxygen atoms in total. The van der Waals surface area contributed by atoms with E-state index < -0.39 is 11.0 Å². The van der Waals surface area contributed by atoms with Crippen LogP contribution >= 0.6 is 11.6 Å². The summed E-state index contributed by atoms with van der Waals surface area (Å²) in [6.45, 7) is 1.73. The first kappa shape index (κ1) is 26.3. The van der Waals surface area contributed by atoms with E-state index in [1.807, 2.05) is 19.1 Å². The number of ether oxygens (including phenoxy) is 2. The number of carbonyl (C=O) groups is 2. The molecule has 0 unspecified atom stereocenters. The first-order chi connectivity index (χ1) is 16.8. The number of nitro benzene ring substituents is 1. The summed E-state index contributed by atoms with van der Waals surface area (Å²) in [7, 11) is 1.32. The normalized spacial score (nSPS) is 14.3. The number of amides is 2. The summed E-state index contributed by atoms with van der Waals surface area (Å²) in [6.07, 6.45) is 4.49. The molecule has 2 aromatic carbocycles. The second-order valence-electron chi connectivity index (χ2n) is 8.44. The second kappa shape index (κ2) is 12.4. The Balaban J connectivity index is 1.77. The van der Waals surface area contributed by atoms with Gasteiger partial charge in [-0.25, -0.2) is 0 Å². The molecule has 3 rings (SSSR count). The number of hydrogen-bond donors (Lipinski definition) is 1. The van der Waals surface area contributed by atoms with Crippen molar-refractivity contribution in [2.45, 2.75) is 57.7 Å². The van der Waals surface area contributed by atoms with Crippen LogP contribution in [0.4, 0.5) is 5.69 Å². The zero-order chi connectivity index (χ0) is 25.4. The molecule has 188 valence electrons. The minimum Gasteiger partial charge on any atom is -0.490 e. The van der Waals surface area contributed by atoms with Crippen LogP contribution in [-0.4, -0.2) is 47.4 Å². The van der Waals surface area contributed by atoms with Gasteiger partial charge in [-0.15, -0.1) is 0 Å². The summed E-state index contributed by atoms with van der Waals surface area (Å²) in [6, 6.07) is 10.6. The number of halogens is 1. The van der Waals surface area contributed by atoms with Gasteiger partial charge in [-0.2, -0.15) is 0 Å². The van der Waals surface area contributed by atoms with Crippen molar-refractivity contribution >= 4 is 29.1 Å². The summed E-state index contributed by atoms with van der Waals surface area (Å²) < 4.78 is 10.7. The lowest BCUT2D eigenvalue weighted by Crippen LogP contribution is -2.52. The minimum absolute atomic E-state index is 0.0281. The van der Waals surface area contributed by atoms with Crippen molar-refractivity contribution < 1.29 is 24.0 Å². The molecule has 35 heavy (non-hydrogen) atoms. The van der Waals surface area contributed by atoms with E-state index >= 15 is 0 Å². The lowest BCUT2D eigenvalue weighted by Gasteiger charge is -2.31. The van der Waals surface area contributed by atoms with Crippen LogP contribution in [0.1, 0.15) is 44.6 Å². The van der Waals surface area contributed by atoms with E-state index in [4.69, 9.17) is 21.1 Å². The van der Waals surface area contributed by atoms with Crippen molar-refractivity contribution in [1.29, 1.82) is 0 Å². The van der Waals surface area contributed by atoms with Crippen LogP contribution in [0.25, 0.3) is 0 Å². The van der Waals surface area contributed by atoms with Crippen molar-refractivity contribution in [2.24, 2.45) is 0 Å². The molecule has 2 amide bonds. The Morgan fingerprint density at radius 3 is 2.49 bits per heavy atom. The van der Waals surface area contributed by atoms with Gasteiger partial charge < -0.3 is 19.7 Å². The molecule has 1 fully saturated rings. The molecule has 0 aromatic heterocycles. The maximum Gasteiger partial charge on any atom is 0.311 e. The molecule has 0 saturated heterocycles. The third-order valence-corrected chi connectivity index (χ3v) is 6.32. The Morgan fingerprint density at radius 2 is 1.89 bits per heavy atom. The third-order valence-electron chi connectivity index (χ3n) is 6.06. The van der Waals surface area contributed by atoms with Gasteiger partial charge in [0.05, 0.1) is 12.0 Å². The van der Waals surface area contributed by atoms with Crippen LogP contribution in [0.2, 0.25) is 5.02 Å². The topological polar surface area (TPSA) is 111 Å². The first-order valence-corrected chi connectivity index (χ1v) is 12.0. The van der Waals surface area contributed by atoms with Gasteiger partial charge in [0.1, 0.15) is 11.8 Å². The Morgan fingerprint density at radius 1 is 1.20 bits per heavy atom. The fourth-order valence-corrected chi connectivity index (χ4v) is 4.33. The third kappa shape index (κ3) is 7.08.